The molecular weight excluding hydrogens is 334 g/mol. The van der Waals surface area contributed by atoms with Gasteiger partial charge in [0.2, 0.25) is 15.9 Å². The molecule has 0 aromatic heterocycles. The molecule has 24 heavy (non-hydrogen) atoms. The van der Waals surface area contributed by atoms with Gasteiger partial charge in [0.05, 0.1) is 16.5 Å². The average molecular weight is 353 g/mol. The summed E-state index contributed by atoms with van der Waals surface area (Å²) in [6, 6.07) is 4.67. The number of carboxylic acids is 1. The Labute approximate surface area is 140 Å². The summed E-state index contributed by atoms with van der Waals surface area (Å²) < 4.78 is 26.5. The van der Waals surface area contributed by atoms with Crippen molar-refractivity contribution in [2.45, 2.75) is 31.7 Å². The van der Waals surface area contributed by atoms with Crippen LogP contribution in [0.4, 0.5) is 0 Å². The molecule has 0 radical (unpaired) electrons. The number of nitriles is 1. The van der Waals surface area contributed by atoms with E-state index in [1.54, 1.807) is 0 Å². The molecule has 2 N–H and O–H groups in total. The topological polar surface area (TPSA) is 128 Å². The van der Waals surface area contributed by atoms with Crippen LogP contribution in [0.1, 0.15) is 25.0 Å². The fourth-order valence-electron chi connectivity index (χ4n) is 2.12. The second-order valence-electron chi connectivity index (χ2n) is 5.21. The second-order valence-corrected chi connectivity index (χ2v) is 7.06. The van der Waals surface area contributed by atoms with Crippen molar-refractivity contribution in [2.24, 2.45) is 0 Å². The summed E-state index contributed by atoms with van der Waals surface area (Å²) in [5.74, 6) is -1.64. The molecule has 0 saturated carbocycles. The predicted octanol–water partition coefficient (Wildman–Crippen LogP) is 0.467. The van der Waals surface area contributed by atoms with Gasteiger partial charge in [-0.1, -0.05) is 0 Å². The highest BCUT2D eigenvalue weighted by molar-refractivity contribution is 7.89. The van der Waals surface area contributed by atoms with Gasteiger partial charge in [-0.15, -0.1) is 0 Å². The van der Waals surface area contributed by atoms with Gasteiger partial charge in [0.1, 0.15) is 6.04 Å². The number of hydrogen-bond donors (Lipinski definition) is 2. The van der Waals surface area contributed by atoms with Crippen molar-refractivity contribution in [3.05, 3.63) is 29.3 Å². The molecule has 0 aliphatic heterocycles. The number of carboxylic acid groups (broad SMARTS) is 1. The third-order valence-corrected chi connectivity index (χ3v) is 5.52. The highest BCUT2D eigenvalue weighted by Crippen LogP contribution is 2.22. The van der Waals surface area contributed by atoms with Gasteiger partial charge in [0, 0.05) is 20.0 Å². The molecule has 0 bridgehead atoms. The lowest BCUT2D eigenvalue weighted by Gasteiger charge is -2.26. The van der Waals surface area contributed by atoms with E-state index < -0.39 is 22.0 Å². The van der Waals surface area contributed by atoms with E-state index in [9.17, 15) is 23.1 Å². The molecule has 0 saturated heterocycles. The van der Waals surface area contributed by atoms with E-state index >= 15 is 0 Å². The molecular formula is C15H19N3O5S. The third-order valence-electron chi connectivity index (χ3n) is 3.39. The zero-order valence-corrected chi connectivity index (χ0v) is 14.4. The van der Waals surface area contributed by atoms with Crippen molar-refractivity contribution in [1.82, 2.24) is 9.62 Å². The highest BCUT2D eigenvalue weighted by atomic mass is 32.2. The third kappa shape index (κ3) is 4.53. The van der Waals surface area contributed by atoms with Crippen LogP contribution in [0.3, 0.4) is 0 Å². The number of sulfonamides is 1. The van der Waals surface area contributed by atoms with E-state index in [0.717, 1.165) is 4.31 Å². The second kappa shape index (κ2) is 7.90. The zero-order chi connectivity index (χ0) is 18.5. The molecule has 1 rings (SSSR count). The van der Waals surface area contributed by atoms with Gasteiger partial charge >= 0.3 is 5.97 Å². The number of benzene rings is 1. The van der Waals surface area contributed by atoms with Crippen LogP contribution < -0.4 is 5.32 Å². The van der Waals surface area contributed by atoms with Crippen LogP contribution >= 0.6 is 0 Å². The van der Waals surface area contributed by atoms with Gasteiger partial charge in [-0.2, -0.15) is 9.57 Å². The molecule has 1 amide bonds. The first-order chi connectivity index (χ1) is 11.1. The molecule has 0 heterocycles. The molecule has 0 aliphatic rings. The lowest BCUT2D eigenvalue weighted by atomic mass is 10.2. The lowest BCUT2D eigenvalue weighted by molar-refractivity contribution is -0.140. The minimum Gasteiger partial charge on any atom is -0.480 e. The Kier molecular flexibility index (Phi) is 6.45. The SMILES string of the molecule is CC(=O)NCCN(C(C)C(=O)O)S(=O)(=O)c1ccc(C#N)cc1C. The fourth-order valence-corrected chi connectivity index (χ4v) is 3.92. The van der Waals surface area contributed by atoms with E-state index in [4.69, 9.17) is 5.26 Å². The van der Waals surface area contributed by atoms with Gasteiger partial charge in [0.15, 0.2) is 0 Å². The normalized spacial score (nSPS) is 12.5. The summed E-state index contributed by atoms with van der Waals surface area (Å²) in [7, 11) is -4.11. The zero-order valence-electron chi connectivity index (χ0n) is 13.6. The summed E-state index contributed by atoms with van der Waals surface area (Å²) in [5.41, 5.74) is 0.652. The van der Waals surface area contributed by atoms with Gasteiger partial charge in [-0.05, 0) is 37.6 Å². The summed E-state index contributed by atoms with van der Waals surface area (Å²) in [4.78, 5) is 22.1. The van der Waals surface area contributed by atoms with Crippen molar-refractivity contribution in [3.8, 4) is 6.07 Å². The molecule has 0 fully saturated rings. The first-order valence-corrected chi connectivity index (χ1v) is 8.55. The number of rotatable bonds is 7. The van der Waals surface area contributed by atoms with Gasteiger partial charge < -0.3 is 10.4 Å². The molecule has 1 unspecified atom stereocenters. The maximum atomic E-state index is 12.8. The van der Waals surface area contributed by atoms with Crippen LogP contribution in [0, 0.1) is 18.3 Å². The van der Waals surface area contributed by atoms with Crippen molar-refractivity contribution in [2.75, 3.05) is 13.1 Å². The molecule has 0 spiro atoms. The molecule has 1 atom stereocenters. The number of nitrogens with zero attached hydrogens (tertiary/aromatic N) is 2. The minimum absolute atomic E-state index is 0.0124. The predicted molar refractivity (Wildman–Crippen MR) is 85.6 cm³/mol. The van der Waals surface area contributed by atoms with Gasteiger partial charge in [-0.25, -0.2) is 8.42 Å². The van der Waals surface area contributed by atoms with Crippen molar-refractivity contribution in [3.63, 3.8) is 0 Å². The maximum absolute atomic E-state index is 12.8. The Hall–Kier alpha value is -2.44. The smallest absolute Gasteiger partial charge is 0.321 e. The molecule has 0 aliphatic carbocycles. The summed E-state index contributed by atoms with van der Waals surface area (Å²) in [6.45, 7) is 3.87. The maximum Gasteiger partial charge on any atom is 0.321 e. The number of carbonyl (C=O) groups excluding carboxylic acids is 1. The largest absolute Gasteiger partial charge is 0.480 e. The Balaban J connectivity index is 3.26. The highest BCUT2D eigenvalue weighted by Gasteiger charge is 2.33. The monoisotopic (exact) mass is 353 g/mol. The Morgan fingerprint density at radius 2 is 2.04 bits per heavy atom. The van der Waals surface area contributed by atoms with Crippen LogP contribution in [0.5, 0.6) is 0 Å². The Bertz CT molecular complexity index is 783. The quantitative estimate of drug-likeness (QED) is 0.733. The molecule has 1 aromatic carbocycles. The lowest BCUT2D eigenvalue weighted by Crippen LogP contribution is -2.46. The summed E-state index contributed by atoms with van der Waals surface area (Å²) in [5, 5.41) is 20.5. The Morgan fingerprint density at radius 3 is 2.50 bits per heavy atom. The van der Waals surface area contributed by atoms with Crippen molar-refractivity contribution >= 4 is 21.9 Å². The first-order valence-electron chi connectivity index (χ1n) is 7.11. The van der Waals surface area contributed by atoms with E-state index in [1.165, 1.54) is 39.0 Å². The standard InChI is InChI=1S/C15H19N3O5S/c1-10-8-13(9-16)4-5-14(10)24(22,23)18(11(2)15(20)21)7-6-17-12(3)19/h4-5,8,11H,6-7H2,1-3H3,(H,17,19)(H,20,21). The van der Waals surface area contributed by atoms with Crippen molar-refractivity contribution < 1.29 is 23.1 Å². The van der Waals surface area contributed by atoms with Crippen LogP contribution in [0.15, 0.2) is 23.1 Å². The van der Waals surface area contributed by atoms with Crippen LogP contribution in [0.25, 0.3) is 0 Å². The van der Waals surface area contributed by atoms with E-state index in [-0.39, 0.29) is 23.9 Å². The molecule has 9 heteroatoms. The Morgan fingerprint density at radius 1 is 1.42 bits per heavy atom. The average Bonchev–Trinajstić information content (AvgIpc) is 2.49. The van der Waals surface area contributed by atoms with Gasteiger partial charge in [0.25, 0.3) is 0 Å². The van der Waals surface area contributed by atoms with Crippen LogP contribution in [0.2, 0.25) is 0 Å². The molecule has 1 aromatic rings. The molecule has 8 nitrogen and oxygen atoms in total. The van der Waals surface area contributed by atoms with E-state index in [2.05, 4.69) is 5.32 Å². The van der Waals surface area contributed by atoms with Crippen LogP contribution in [-0.4, -0.2) is 48.8 Å². The number of hydrogen-bond acceptors (Lipinski definition) is 5. The fraction of sp³-hybridized carbons (Fsp3) is 0.400. The summed E-state index contributed by atoms with van der Waals surface area (Å²) >= 11 is 0. The van der Waals surface area contributed by atoms with Gasteiger partial charge in [-0.3, -0.25) is 9.59 Å². The van der Waals surface area contributed by atoms with Crippen LogP contribution in [-0.2, 0) is 19.6 Å². The molecule has 130 valence electrons. The first kappa shape index (κ1) is 19.6. The number of aliphatic carboxylic acids is 1. The minimum atomic E-state index is -4.11. The number of aryl methyl sites for hydroxylation is 1. The van der Waals surface area contributed by atoms with Crippen molar-refractivity contribution in [1.29, 1.82) is 5.26 Å². The number of amides is 1. The van der Waals surface area contributed by atoms with E-state index in [1.807, 2.05) is 6.07 Å². The number of nitrogens with one attached hydrogen (secondary N) is 1. The number of carbonyl (C=O) groups is 2. The summed E-state index contributed by atoms with van der Waals surface area (Å²) in [6.07, 6.45) is 0. The van der Waals surface area contributed by atoms with E-state index in [0.29, 0.717) is 11.1 Å².